The predicted molar refractivity (Wildman–Crippen MR) is 106 cm³/mol. The summed E-state index contributed by atoms with van der Waals surface area (Å²) < 4.78 is 11.8. The Hall–Kier alpha value is -2.86. The number of amides is 1. The summed E-state index contributed by atoms with van der Waals surface area (Å²) in [5, 5.41) is 6.15. The van der Waals surface area contributed by atoms with Gasteiger partial charge in [-0.3, -0.25) is 4.79 Å². The summed E-state index contributed by atoms with van der Waals surface area (Å²) in [4.78, 5) is 13.2. The molecule has 3 aromatic rings. The van der Waals surface area contributed by atoms with Crippen molar-refractivity contribution in [1.29, 1.82) is 0 Å². The van der Waals surface area contributed by atoms with Gasteiger partial charge in [-0.2, -0.15) is 5.10 Å². The average Bonchev–Trinajstić information content (AvgIpc) is 3.37. The van der Waals surface area contributed by atoms with Gasteiger partial charge in [-0.1, -0.05) is 34.1 Å². The van der Waals surface area contributed by atoms with Crippen molar-refractivity contribution >= 4 is 27.5 Å². The molecule has 0 N–H and O–H groups in total. The Balaban J connectivity index is 1.71. The Bertz CT molecular complexity index is 981. The van der Waals surface area contributed by atoms with Crippen molar-refractivity contribution in [2.75, 3.05) is 7.11 Å². The van der Waals surface area contributed by atoms with Gasteiger partial charge in [0.15, 0.2) is 0 Å². The first-order valence-electron chi connectivity index (χ1n) is 8.50. The highest BCUT2D eigenvalue weighted by molar-refractivity contribution is 9.10. The molecule has 6 heteroatoms. The molecule has 0 bridgehead atoms. The van der Waals surface area contributed by atoms with Crippen LogP contribution in [0.25, 0.3) is 0 Å². The van der Waals surface area contributed by atoms with Crippen molar-refractivity contribution in [2.45, 2.75) is 12.5 Å². The van der Waals surface area contributed by atoms with Crippen LogP contribution in [0.3, 0.4) is 0 Å². The number of hydrogen-bond acceptors (Lipinski definition) is 4. The van der Waals surface area contributed by atoms with E-state index < -0.39 is 0 Å². The first kappa shape index (κ1) is 17.5. The Morgan fingerprint density at radius 3 is 2.70 bits per heavy atom. The van der Waals surface area contributed by atoms with Crippen LogP contribution in [-0.2, 0) is 0 Å². The predicted octanol–water partition coefficient (Wildman–Crippen LogP) is 5.04. The van der Waals surface area contributed by atoms with E-state index >= 15 is 0 Å². The lowest BCUT2D eigenvalue weighted by atomic mass is 10.0. The van der Waals surface area contributed by atoms with Gasteiger partial charge in [0.25, 0.3) is 5.91 Å². The van der Waals surface area contributed by atoms with Crippen molar-refractivity contribution in [3.63, 3.8) is 0 Å². The lowest BCUT2D eigenvalue weighted by molar-refractivity contribution is 0.0692. The number of rotatable bonds is 4. The third-order valence-corrected chi connectivity index (χ3v) is 5.01. The summed E-state index contributed by atoms with van der Waals surface area (Å²) in [6, 6.07) is 18.4. The number of hydrogen-bond donors (Lipinski definition) is 0. The van der Waals surface area contributed by atoms with E-state index in [9.17, 15) is 4.79 Å². The Morgan fingerprint density at radius 2 is 2.00 bits per heavy atom. The van der Waals surface area contributed by atoms with Crippen molar-refractivity contribution < 1.29 is 13.9 Å². The van der Waals surface area contributed by atoms with Gasteiger partial charge in [0, 0.05) is 16.5 Å². The maximum atomic E-state index is 13.2. The third kappa shape index (κ3) is 3.53. The van der Waals surface area contributed by atoms with Gasteiger partial charge in [-0.05, 0) is 48.0 Å². The summed E-state index contributed by atoms with van der Waals surface area (Å²) in [7, 11) is 1.58. The molecule has 0 spiro atoms. The topological polar surface area (TPSA) is 55.0 Å². The number of furan rings is 1. The van der Waals surface area contributed by atoms with Crippen LogP contribution in [0.2, 0.25) is 0 Å². The first-order valence-corrected chi connectivity index (χ1v) is 9.29. The van der Waals surface area contributed by atoms with Gasteiger partial charge in [0.1, 0.15) is 17.6 Å². The van der Waals surface area contributed by atoms with Gasteiger partial charge >= 0.3 is 0 Å². The largest absolute Gasteiger partial charge is 0.497 e. The molecule has 1 atom stereocenters. The quantitative estimate of drug-likeness (QED) is 0.589. The number of nitrogens with zero attached hydrogens (tertiary/aromatic N) is 2. The van der Waals surface area contributed by atoms with Gasteiger partial charge in [0.2, 0.25) is 0 Å². The maximum Gasteiger partial charge on any atom is 0.274 e. The molecule has 4 rings (SSSR count). The van der Waals surface area contributed by atoms with Crippen LogP contribution in [0.4, 0.5) is 0 Å². The summed E-state index contributed by atoms with van der Waals surface area (Å²) in [5.74, 6) is 1.15. The molecule has 1 aliphatic heterocycles. The van der Waals surface area contributed by atoms with Gasteiger partial charge < -0.3 is 9.15 Å². The number of hydrazone groups is 1. The number of carbonyl (C=O) groups excluding carboxylic acids is 1. The molecule has 27 heavy (non-hydrogen) atoms. The molecule has 0 fully saturated rings. The molecule has 0 aliphatic carbocycles. The van der Waals surface area contributed by atoms with Crippen molar-refractivity contribution in [3.05, 3.63) is 88.3 Å². The molecule has 1 aliphatic rings. The minimum Gasteiger partial charge on any atom is -0.497 e. The second-order valence-electron chi connectivity index (χ2n) is 6.17. The van der Waals surface area contributed by atoms with E-state index in [2.05, 4.69) is 21.0 Å². The van der Waals surface area contributed by atoms with Crippen molar-refractivity contribution in [1.82, 2.24) is 5.01 Å². The van der Waals surface area contributed by atoms with E-state index in [0.717, 1.165) is 15.7 Å². The standard InChI is InChI=1S/C21H17BrN2O3/c1-26-17-5-2-4-15(12-17)21(25)24-19(20-6-3-11-27-20)13-18(23-24)14-7-9-16(22)10-8-14/h2-12,19H,13H2,1H3/t19-/m1/s1. The van der Waals surface area contributed by atoms with Crippen LogP contribution in [0.5, 0.6) is 5.75 Å². The zero-order valence-electron chi connectivity index (χ0n) is 14.6. The summed E-state index contributed by atoms with van der Waals surface area (Å²) in [5.41, 5.74) is 2.35. The zero-order valence-corrected chi connectivity index (χ0v) is 16.2. The highest BCUT2D eigenvalue weighted by atomic mass is 79.9. The third-order valence-electron chi connectivity index (χ3n) is 4.48. The molecule has 1 aromatic heterocycles. The van der Waals surface area contributed by atoms with Crippen LogP contribution in [0.15, 0.2) is 80.9 Å². The number of benzene rings is 2. The molecule has 1 amide bonds. The average molecular weight is 425 g/mol. The molecule has 2 heterocycles. The molecule has 0 saturated heterocycles. The molecule has 5 nitrogen and oxygen atoms in total. The Kier molecular flexibility index (Phi) is 4.81. The van der Waals surface area contributed by atoms with Crippen LogP contribution < -0.4 is 4.74 Å². The molecular weight excluding hydrogens is 408 g/mol. The maximum absolute atomic E-state index is 13.2. The van der Waals surface area contributed by atoms with Crippen LogP contribution in [-0.4, -0.2) is 23.7 Å². The van der Waals surface area contributed by atoms with Gasteiger partial charge in [-0.15, -0.1) is 0 Å². The second kappa shape index (κ2) is 7.40. The van der Waals surface area contributed by atoms with Crippen molar-refractivity contribution in [2.24, 2.45) is 5.10 Å². The first-order chi connectivity index (χ1) is 13.2. The number of methoxy groups -OCH3 is 1. The fourth-order valence-corrected chi connectivity index (χ4v) is 3.37. The lowest BCUT2D eigenvalue weighted by Crippen LogP contribution is -2.26. The van der Waals surface area contributed by atoms with Crippen LogP contribution >= 0.6 is 15.9 Å². The fraction of sp³-hybridized carbons (Fsp3) is 0.143. The molecule has 2 aromatic carbocycles. The second-order valence-corrected chi connectivity index (χ2v) is 7.09. The molecule has 0 radical (unpaired) electrons. The Labute approximate surface area is 165 Å². The minimum atomic E-state index is -0.280. The number of halogens is 1. The SMILES string of the molecule is COc1cccc(C(=O)N2N=C(c3ccc(Br)cc3)C[C@@H]2c2ccco2)c1. The number of ether oxygens (including phenoxy) is 1. The molecule has 0 unspecified atom stereocenters. The van der Waals surface area contributed by atoms with E-state index in [1.54, 1.807) is 37.6 Å². The minimum absolute atomic E-state index is 0.192. The fourth-order valence-electron chi connectivity index (χ4n) is 3.11. The lowest BCUT2D eigenvalue weighted by Gasteiger charge is -2.20. The van der Waals surface area contributed by atoms with E-state index in [1.807, 2.05) is 36.4 Å². The van der Waals surface area contributed by atoms with Gasteiger partial charge in [-0.25, -0.2) is 5.01 Å². The Morgan fingerprint density at radius 1 is 1.19 bits per heavy atom. The van der Waals surface area contributed by atoms with E-state index in [-0.39, 0.29) is 11.9 Å². The van der Waals surface area contributed by atoms with Crippen LogP contribution in [0, 0.1) is 0 Å². The smallest absolute Gasteiger partial charge is 0.274 e. The van der Waals surface area contributed by atoms with Crippen molar-refractivity contribution in [3.8, 4) is 5.75 Å². The highest BCUT2D eigenvalue weighted by Gasteiger charge is 2.35. The van der Waals surface area contributed by atoms with E-state index in [0.29, 0.717) is 23.5 Å². The van der Waals surface area contributed by atoms with Gasteiger partial charge in [0.05, 0.1) is 19.1 Å². The summed E-state index contributed by atoms with van der Waals surface area (Å²) in [6.07, 6.45) is 2.20. The van der Waals surface area contributed by atoms with E-state index in [4.69, 9.17) is 9.15 Å². The summed E-state index contributed by atoms with van der Waals surface area (Å²) >= 11 is 3.45. The summed E-state index contributed by atoms with van der Waals surface area (Å²) in [6.45, 7) is 0. The normalized spacial score (nSPS) is 16.3. The molecule has 136 valence electrons. The monoisotopic (exact) mass is 424 g/mol. The zero-order chi connectivity index (χ0) is 18.8. The molecule has 0 saturated carbocycles. The highest BCUT2D eigenvalue weighted by Crippen LogP contribution is 2.34. The van der Waals surface area contributed by atoms with Crippen LogP contribution in [0.1, 0.15) is 34.1 Å². The van der Waals surface area contributed by atoms with E-state index in [1.165, 1.54) is 5.01 Å². The number of carbonyl (C=O) groups is 1. The molecular formula is C21H17BrN2O3.